The lowest BCUT2D eigenvalue weighted by Crippen LogP contribution is -2.15. The number of hydrogen-bond acceptors (Lipinski definition) is 3. The molecule has 0 radical (unpaired) electrons. The van der Waals surface area contributed by atoms with Crippen molar-refractivity contribution in [2.75, 3.05) is 11.8 Å². The van der Waals surface area contributed by atoms with Crippen LogP contribution in [0.2, 0.25) is 0 Å². The average molecular weight is 341 g/mol. The number of ether oxygens (including phenoxy) is 1. The van der Waals surface area contributed by atoms with Crippen LogP contribution < -0.4 is 9.46 Å². The highest BCUT2D eigenvalue weighted by Crippen LogP contribution is 2.29. The van der Waals surface area contributed by atoms with Crippen molar-refractivity contribution in [1.29, 1.82) is 0 Å². The normalized spacial score (nSPS) is 11.5. The molecular weight excluding hydrogens is 322 g/mol. The summed E-state index contributed by atoms with van der Waals surface area (Å²) in [5, 5.41) is 1.85. The number of methoxy groups -OCH3 is 1. The van der Waals surface area contributed by atoms with Gasteiger partial charge in [0, 0.05) is 5.39 Å². The molecule has 0 amide bonds. The summed E-state index contributed by atoms with van der Waals surface area (Å²) in [5.41, 5.74) is 1.99. The molecule has 4 nitrogen and oxygen atoms in total. The monoisotopic (exact) mass is 341 g/mol. The summed E-state index contributed by atoms with van der Waals surface area (Å²) in [5.74, 6) is 0.677. The summed E-state index contributed by atoms with van der Waals surface area (Å²) < 4.78 is 33.7. The van der Waals surface area contributed by atoms with E-state index >= 15 is 0 Å². The Kier molecular flexibility index (Phi) is 4.20. The van der Waals surface area contributed by atoms with Gasteiger partial charge in [-0.05, 0) is 48.6 Å². The maximum absolute atomic E-state index is 12.9. The van der Waals surface area contributed by atoms with Gasteiger partial charge >= 0.3 is 0 Å². The molecule has 24 heavy (non-hydrogen) atoms. The molecule has 0 spiro atoms. The average Bonchev–Trinajstić information content (AvgIpc) is 2.56. The lowest BCUT2D eigenvalue weighted by atomic mass is 10.1. The fraction of sp³-hybridized carbons (Fsp3) is 0.158. The Morgan fingerprint density at radius 1 is 0.917 bits per heavy atom. The summed E-state index contributed by atoms with van der Waals surface area (Å²) >= 11 is 0. The van der Waals surface area contributed by atoms with Crippen LogP contribution in [0.1, 0.15) is 11.1 Å². The molecule has 0 fully saturated rings. The van der Waals surface area contributed by atoms with Crippen LogP contribution in [0.4, 0.5) is 5.69 Å². The predicted molar refractivity (Wildman–Crippen MR) is 97.2 cm³/mol. The van der Waals surface area contributed by atoms with E-state index in [1.165, 1.54) is 0 Å². The maximum atomic E-state index is 12.9. The summed E-state index contributed by atoms with van der Waals surface area (Å²) in [6.07, 6.45) is 0. The Labute approximate surface area is 142 Å². The molecule has 0 atom stereocenters. The largest absolute Gasteiger partial charge is 0.496 e. The van der Waals surface area contributed by atoms with Gasteiger partial charge in [0.2, 0.25) is 0 Å². The van der Waals surface area contributed by atoms with Crippen molar-refractivity contribution >= 4 is 26.5 Å². The van der Waals surface area contributed by atoms with E-state index in [4.69, 9.17) is 4.74 Å². The molecule has 0 aliphatic rings. The lowest BCUT2D eigenvalue weighted by Gasteiger charge is -2.14. The van der Waals surface area contributed by atoms with Crippen LogP contribution in [0, 0.1) is 13.8 Å². The second-order valence-electron chi connectivity index (χ2n) is 5.72. The SMILES string of the molecule is COc1cc(C)c(S(=O)(=O)Nc2cccc3ccccc23)cc1C. The first-order chi connectivity index (χ1) is 11.4. The van der Waals surface area contributed by atoms with E-state index in [9.17, 15) is 8.42 Å². The van der Waals surface area contributed by atoms with Gasteiger partial charge in [0.05, 0.1) is 17.7 Å². The van der Waals surface area contributed by atoms with Gasteiger partial charge in [-0.25, -0.2) is 8.42 Å². The molecule has 0 heterocycles. The Balaban J connectivity index is 2.07. The molecule has 0 aliphatic carbocycles. The van der Waals surface area contributed by atoms with E-state index in [1.807, 2.05) is 43.3 Å². The first-order valence-electron chi connectivity index (χ1n) is 7.58. The van der Waals surface area contributed by atoms with Crippen molar-refractivity contribution < 1.29 is 13.2 Å². The van der Waals surface area contributed by atoms with Gasteiger partial charge in [0.1, 0.15) is 5.75 Å². The summed E-state index contributed by atoms with van der Waals surface area (Å²) in [4.78, 5) is 0.258. The Morgan fingerprint density at radius 2 is 1.62 bits per heavy atom. The molecule has 3 rings (SSSR count). The topological polar surface area (TPSA) is 55.4 Å². The molecule has 0 aliphatic heterocycles. The number of nitrogens with one attached hydrogen (secondary N) is 1. The van der Waals surface area contributed by atoms with Crippen LogP contribution in [-0.4, -0.2) is 15.5 Å². The van der Waals surface area contributed by atoms with Gasteiger partial charge in [-0.2, -0.15) is 0 Å². The van der Waals surface area contributed by atoms with E-state index in [0.717, 1.165) is 16.3 Å². The number of anilines is 1. The number of sulfonamides is 1. The third kappa shape index (κ3) is 2.95. The van der Waals surface area contributed by atoms with Crippen LogP contribution >= 0.6 is 0 Å². The quantitative estimate of drug-likeness (QED) is 0.771. The molecule has 3 aromatic carbocycles. The van der Waals surface area contributed by atoms with E-state index in [2.05, 4.69) is 4.72 Å². The van der Waals surface area contributed by atoms with Crippen molar-refractivity contribution in [3.63, 3.8) is 0 Å². The molecular formula is C19H19NO3S. The highest BCUT2D eigenvalue weighted by molar-refractivity contribution is 7.92. The summed E-state index contributed by atoms with van der Waals surface area (Å²) in [6, 6.07) is 16.6. The Morgan fingerprint density at radius 3 is 2.38 bits per heavy atom. The zero-order valence-corrected chi connectivity index (χ0v) is 14.6. The molecule has 0 bridgehead atoms. The van der Waals surface area contributed by atoms with Crippen LogP contribution in [0.3, 0.4) is 0 Å². The molecule has 5 heteroatoms. The zero-order valence-electron chi connectivity index (χ0n) is 13.8. The lowest BCUT2D eigenvalue weighted by molar-refractivity contribution is 0.411. The van der Waals surface area contributed by atoms with E-state index in [-0.39, 0.29) is 4.90 Å². The van der Waals surface area contributed by atoms with Crippen molar-refractivity contribution in [3.05, 3.63) is 65.7 Å². The van der Waals surface area contributed by atoms with Gasteiger partial charge in [-0.3, -0.25) is 4.72 Å². The second kappa shape index (κ2) is 6.17. The molecule has 3 aromatic rings. The van der Waals surface area contributed by atoms with Crippen LogP contribution in [0.15, 0.2) is 59.5 Å². The number of aryl methyl sites for hydroxylation is 2. The summed E-state index contributed by atoms with van der Waals surface area (Å²) in [6.45, 7) is 3.59. The molecule has 0 saturated carbocycles. The fourth-order valence-electron chi connectivity index (χ4n) is 2.79. The maximum Gasteiger partial charge on any atom is 0.262 e. The first kappa shape index (κ1) is 16.3. The minimum atomic E-state index is -3.69. The standard InChI is InChI=1S/C19H19NO3S/c1-13-12-19(14(2)11-18(13)23-3)24(21,22)20-17-10-6-8-15-7-4-5-9-16(15)17/h4-12,20H,1-3H3. The zero-order chi connectivity index (χ0) is 17.3. The van der Waals surface area contributed by atoms with E-state index in [0.29, 0.717) is 17.0 Å². The van der Waals surface area contributed by atoms with Crippen molar-refractivity contribution in [3.8, 4) is 5.75 Å². The highest BCUT2D eigenvalue weighted by atomic mass is 32.2. The highest BCUT2D eigenvalue weighted by Gasteiger charge is 2.19. The number of hydrogen-bond donors (Lipinski definition) is 1. The minimum Gasteiger partial charge on any atom is -0.496 e. The van der Waals surface area contributed by atoms with Gasteiger partial charge in [-0.1, -0.05) is 36.4 Å². The summed E-state index contributed by atoms with van der Waals surface area (Å²) in [7, 11) is -2.11. The molecule has 0 aromatic heterocycles. The third-order valence-electron chi connectivity index (χ3n) is 4.02. The van der Waals surface area contributed by atoms with Crippen LogP contribution in [0.25, 0.3) is 10.8 Å². The third-order valence-corrected chi connectivity index (χ3v) is 5.52. The van der Waals surface area contributed by atoms with Gasteiger partial charge in [-0.15, -0.1) is 0 Å². The number of rotatable bonds is 4. The fourth-order valence-corrected chi connectivity index (χ4v) is 4.18. The number of fused-ring (bicyclic) bond motifs is 1. The van der Waals surface area contributed by atoms with Crippen molar-refractivity contribution in [2.24, 2.45) is 0 Å². The molecule has 124 valence electrons. The van der Waals surface area contributed by atoms with E-state index in [1.54, 1.807) is 32.2 Å². The molecule has 1 N–H and O–H groups in total. The van der Waals surface area contributed by atoms with Gasteiger partial charge in [0.25, 0.3) is 10.0 Å². The van der Waals surface area contributed by atoms with Crippen molar-refractivity contribution in [2.45, 2.75) is 18.7 Å². The predicted octanol–water partition coefficient (Wildman–Crippen LogP) is 4.27. The molecule has 0 unspecified atom stereocenters. The van der Waals surface area contributed by atoms with Crippen LogP contribution in [0.5, 0.6) is 5.75 Å². The van der Waals surface area contributed by atoms with Crippen molar-refractivity contribution in [1.82, 2.24) is 0 Å². The van der Waals surface area contributed by atoms with Gasteiger partial charge < -0.3 is 4.74 Å². The minimum absolute atomic E-state index is 0.258. The van der Waals surface area contributed by atoms with Gasteiger partial charge in [0.15, 0.2) is 0 Å². The van der Waals surface area contributed by atoms with Crippen LogP contribution in [-0.2, 0) is 10.0 Å². The Hall–Kier alpha value is -2.53. The van der Waals surface area contributed by atoms with E-state index < -0.39 is 10.0 Å². The first-order valence-corrected chi connectivity index (χ1v) is 9.06. The Bertz CT molecular complexity index is 1010. The smallest absolute Gasteiger partial charge is 0.262 e. The number of benzene rings is 3. The molecule has 0 saturated heterocycles. The second-order valence-corrected chi connectivity index (χ2v) is 7.37.